The van der Waals surface area contributed by atoms with Crippen LogP contribution in [0.2, 0.25) is 0 Å². The van der Waals surface area contributed by atoms with Gasteiger partial charge < -0.3 is 19.0 Å². The Bertz CT molecular complexity index is 1310. The monoisotopic (exact) mass is 486 g/mol. The van der Waals surface area contributed by atoms with Gasteiger partial charge in [-0.05, 0) is 49.4 Å². The van der Waals surface area contributed by atoms with Crippen LogP contribution in [0.15, 0.2) is 71.6 Å². The van der Waals surface area contributed by atoms with Crippen molar-refractivity contribution in [3.63, 3.8) is 0 Å². The summed E-state index contributed by atoms with van der Waals surface area (Å²) in [6, 6.07) is 14.9. The molecule has 10 nitrogen and oxygen atoms in total. The van der Waals surface area contributed by atoms with E-state index in [9.17, 15) is 23.3 Å². The highest BCUT2D eigenvalue weighted by molar-refractivity contribution is 7.87. The second kappa shape index (κ2) is 10.2. The Morgan fingerprint density at radius 2 is 1.65 bits per heavy atom. The maximum Gasteiger partial charge on any atom is 0.339 e. The van der Waals surface area contributed by atoms with Crippen molar-refractivity contribution in [3.05, 3.63) is 88.0 Å². The summed E-state index contributed by atoms with van der Waals surface area (Å²) in [6.07, 6.45) is 0. The van der Waals surface area contributed by atoms with E-state index in [4.69, 9.17) is 13.7 Å². The van der Waals surface area contributed by atoms with Crippen LogP contribution in [0, 0.1) is 10.1 Å². The van der Waals surface area contributed by atoms with Crippen LogP contribution >= 0.6 is 0 Å². The quantitative estimate of drug-likeness (QED) is 0.274. The molecule has 0 aromatic heterocycles. The lowest BCUT2D eigenvalue weighted by atomic mass is 10.1. The molecule has 0 aliphatic carbocycles. The zero-order valence-electron chi connectivity index (χ0n) is 18.5. The third-order valence-corrected chi connectivity index (χ3v) is 6.14. The normalized spacial score (nSPS) is 11.9. The average molecular weight is 487 g/mol. The lowest BCUT2D eigenvalue weighted by molar-refractivity contribution is -0.385. The first-order chi connectivity index (χ1) is 16.1. The molecule has 0 radical (unpaired) electrons. The van der Waals surface area contributed by atoms with E-state index in [-0.39, 0.29) is 21.9 Å². The summed E-state index contributed by atoms with van der Waals surface area (Å²) in [5.41, 5.74) is 0.651. The van der Waals surface area contributed by atoms with Crippen molar-refractivity contribution in [2.75, 3.05) is 14.2 Å². The molecule has 3 rings (SSSR count). The molecule has 0 saturated carbocycles. The van der Waals surface area contributed by atoms with Gasteiger partial charge in [-0.1, -0.05) is 6.07 Å². The summed E-state index contributed by atoms with van der Waals surface area (Å²) in [6.45, 7) is 1.80. The van der Waals surface area contributed by atoms with Crippen LogP contribution in [0.1, 0.15) is 28.9 Å². The molecule has 0 fully saturated rings. The first kappa shape index (κ1) is 24.5. The number of ether oxygens (including phenoxy) is 2. The SMILES string of the molecule is COc1ccc(C(C)NC(=O)c2ccc(OS(=O)(=O)c3cccc([N+](=O)[O-])c3)cc2)c(OC)c1. The Morgan fingerprint density at radius 3 is 2.26 bits per heavy atom. The highest BCUT2D eigenvalue weighted by Gasteiger charge is 2.21. The molecule has 3 aromatic rings. The lowest BCUT2D eigenvalue weighted by Crippen LogP contribution is -2.26. The Kier molecular flexibility index (Phi) is 7.37. The molecule has 1 unspecified atom stereocenters. The third kappa shape index (κ3) is 5.62. The van der Waals surface area contributed by atoms with Crippen molar-refractivity contribution < 1.29 is 31.8 Å². The average Bonchev–Trinajstić information content (AvgIpc) is 2.83. The lowest BCUT2D eigenvalue weighted by Gasteiger charge is -2.18. The van der Waals surface area contributed by atoms with Crippen molar-refractivity contribution in [2.45, 2.75) is 17.9 Å². The van der Waals surface area contributed by atoms with Crippen LogP contribution in [0.3, 0.4) is 0 Å². The molecule has 11 heteroatoms. The van der Waals surface area contributed by atoms with Crippen molar-refractivity contribution in [1.82, 2.24) is 5.32 Å². The van der Waals surface area contributed by atoms with Gasteiger partial charge >= 0.3 is 10.1 Å². The summed E-state index contributed by atoms with van der Waals surface area (Å²) < 4.78 is 40.5. The Balaban J connectivity index is 1.71. The summed E-state index contributed by atoms with van der Waals surface area (Å²) in [4.78, 5) is 22.5. The minimum Gasteiger partial charge on any atom is -0.497 e. The van der Waals surface area contributed by atoms with Gasteiger partial charge in [0.05, 0.1) is 25.2 Å². The number of hydrogen-bond donors (Lipinski definition) is 1. The van der Waals surface area contributed by atoms with Crippen molar-refractivity contribution in [3.8, 4) is 17.2 Å². The van der Waals surface area contributed by atoms with E-state index in [1.54, 1.807) is 32.2 Å². The van der Waals surface area contributed by atoms with Crippen LogP contribution < -0.4 is 19.0 Å². The van der Waals surface area contributed by atoms with Gasteiger partial charge in [-0.15, -0.1) is 0 Å². The number of carbonyl (C=O) groups excluding carboxylic acids is 1. The number of nitrogens with zero attached hydrogens (tertiary/aromatic N) is 1. The fourth-order valence-electron chi connectivity index (χ4n) is 3.12. The van der Waals surface area contributed by atoms with Crippen LogP contribution in [0.4, 0.5) is 5.69 Å². The molecule has 0 spiro atoms. The number of amides is 1. The van der Waals surface area contributed by atoms with Crippen molar-refractivity contribution >= 4 is 21.7 Å². The third-order valence-electron chi connectivity index (χ3n) is 4.89. The molecule has 0 aliphatic rings. The Morgan fingerprint density at radius 1 is 0.971 bits per heavy atom. The fourth-order valence-corrected chi connectivity index (χ4v) is 4.09. The van der Waals surface area contributed by atoms with Crippen LogP contribution in [-0.4, -0.2) is 33.5 Å². The number of benzene rings is 3. The number of carbonyl (C=O) groups is 1. The molecule has 3 aromatic carbocycles. The number of non-ortho nitro benzene ring substituents is 1. The summed E-state index contributed by atoms with van der Waals surface area (Å²) in [5.74, 6) is 0.739. The number of nitrogens with one attached hydrogen (secondary N) is 1. The zero-order chi connectivity index (χ0) is 24.9. The van der Waals surface area contributed by atoms with Gasteiger partial charge in [0.25, 0.3) is 11.6 Å². The Hall–Kier alpha value is -4.12. The molecule has 1 amide bonds. The zero-order valence-corrected chi connectivity index (χ0v) is 19.4. The van der Waals surface area contributed by atoms with E-state index in [2.05, 4.69) is 5.32 Å². The van der Waals surface area contributed by atoms with Crippen LogP contribution in [-0.2, 0) is 10.1 Å². The molecule has 178 valence electrons. The second-order valence-electron chi connectivity index (χ2n) is 7.12. The maximum atomic E-state index is 12.7. The molecular weight excluding hydrogens is 464 g/mol. The van der Waals surface area contributed by atoms with Gasteiger partial charge in [-0.2, -0.15) is 8.42 Å². The molecular formula is C23H22N2O8S. The smallest absolute Gasteiger partial charge is 0.339 e. The van der Waals surface area contributed by atoms with Crippen LogP contribution in [0.25, 0.3) is 0 Å². The predicted molar refractivity (Wildman–Crippen MR) is 123 cm³/mol. The number of hydrogen-bond acceptors (Lipinski definition) is 8. The van der Waals surface area contributed by atoms with Gasteiger partial charge in [0, 0.05) is 29.3 Å². The number of nitro groups is 1. The maximum absolute atomic E-state index is 12.7. The summed E-state index contributed by atoms with van der Waals surface area (Å²) in [7, 11) is -1.24. The molecule has 0 aliphatic heterocycles. The van der Waals surface area contributed by atoms with E-state index in [0.29, 0.717) is 11.5 Å². The first-order valence-electron chi connectivity index (χ1n) is 9.96. The van der Waals surface area contributed by atoms with E-state index in [1.807, 2.05) is 0 Å². The molecule has 0 saturated heterocycles. The fraction of sp³-hybridized carbons (Fsp3) is 0.174. The second-order valence-corrected chi connectivity index (χ2v) is 8.67. The topological polar surface area (TPSA) is 134 Å². The highest BCUT2D eigenvalue weighted by atomic mass is 32.2. The minimum atomic E-state index is -4.30. The number of rotatable bonds is 9. The van der Waals surface area contributed by atoms with E-state index in [0.717, 1.165) is 11.6 Å². The van der Waals surface area contributed by atoms with Gasteiger partial charge in [0.15, 0.2) is 0 Å². The molecule has 34 heavy (non-hydrogen) atoms. The highest BCUT2D eigenvalue weighted by Crippen LogP contribution is 2.29. The number of methoxy groups -OCH3 is 2. The standard InChI is InChI=1S/C23H22N2O8S/c1-15(21-12-11-19(31-2)14-22(21)32-3)24-23(26)16-7-9-18(10-8-16)33-34(29,30)20-6-4-5-17(13-20)25(27)28/h4-15H,1-3H3,(H,24,26). The summed E-state index contributed by atoms with van der Waals surface area (Å²) in [5, 5.41) is 13.7. The van der Waals surface area contributed by atoms with Gasteiger partial charge in [0.1, 0.15) is 22.1 Å². The first-order valence-corrected chi connectivity index (χ1v) is 11.4. The van der Waals surface area contributed by atoms with E-state index < -0.39 is 27.0 Å². The molecule has 1 N–H and O–H groups in total. The largest absolute Gasteiger partial charge is 0.497 e. The van der Waals surface area contributed by atoms with Gasteiger partial charge in [-0.25, -0.2) is 0 Å². The summed E-state index contributed by atoms with van der Waals surface area (Å²) >= 11 is 0. The molecule has 1 atom stereocenters. The predicted octanol–water partition coefficient (Wildman–Crippen LogP) is 3.87. The Labute approximate surface area is 196 Å². The van der Waals surface area contributed by atoms with Gasteiger partial charge in [0.2, 0.25) is 0 Å². The van der Waals surface area contributed by atoms with Gasteiger partial charge in [-0.3, -0.25) is 14.9 Å². The van der Waals surface area contributed by atoms with E-state index in [1.165, 1.54) is 49.6 Å². The molecule has 0 heterocycles. The van der Waals surface area contributed by atoms with Crippen LogP contribution in [0.5, 0.6) is 17.2 Å². The molecule has 0 bridgehead atoms. The van der Waals surface area contributed by atoms with Crippen molar-refractivity contribution in [2.24, 2.45) is 0 Å². The number of nitro benzene ring substituents is 1. The van der Waals surface area contributed by atoms with E-state index >= 15 is 0 Å². The van der Waals surface area contributed by atoms with Crippen molar-refractivity contribution in [1.29, 1.82) is 0 Å². The minimum absolute atomic E-state index is 0.0482.